The Hall–Kier alpha value is -1.45. The molecule has 0 saturated carbocycles. The molecule has 0 radical (unpaired) electrons. The summed E-state index contributed by atoms with van der Waals surface area (Å²) in [6.45, 7) is 0. The van der Waals surface area contributed by atoms with Gasteiger partial charge >= 0.3 is 0 Å². The minimum absolute atomic E-state index is 0.343. The van der Waals surface area contributed by atoms with Crippen molar-refractivity contribution in [1.82, 2.24) is 9.78 Å². The van der Waals surface area contributed by atoms with Gasteiger partial charge in [0.15, 0.2) is 0 Å². The molecule has 2 aromatic rings. The molecule has 1 aromatic heterocycles. The highest BCUT2D eigenvalue weighted by atomic mass is 19.1. The van der Waals surface area contributed by atoms with Gasteiger partial charge in [-0.3, -0.25) is 4.68 Å². The second-order valence-electron chi connectivity index (χ2n) is 2.62. The second-order valence-corrected chi connectivity index (χ2v) is 2.62. The maximum atomic E-state index is 13.0. The van der Waals surface area contributed by atoms with Gasteiger partial charge in [-0.15, -0.1) is 0 Å². The van der Waals surface area contributed by atoms with Crippen molar-refractivity contribution in [1.29, 1.82) is 0 Å². The van der Waals surface area contributed by atoms with E-state index in [1.807, 2.05) is 0 Å². The Morgan fingerprint density at radius 2 is 2.08 bits per heavy atom. The molecule has 0 spiro atoms. The molecular weight excluding hydrogens is 162 g/mol. The molecule has 0 N–H and O–H groups in total. The van der Waals surface area contributed by atoms with Crippen LogP contribution in [0.2, 0.25) is 0 Å². The third-order valence-electron chi connectivity index (χ3n) is 1.65. The molecule has 0 aliphatic heterocycles. The van der Waals surface area contributed by atoms with Crippen LogP contribution in [0.4, 0.5) is 8.78 Å². The summed E-state index contributed by atoms with van der Waals surface area (Å²) in [6.07, 6.45) is 1.52. The van der Waals surface area contributed by atoms with E-state index in [4.69, 9.17) is 0 Å². The van der Waals surface area contributed by atoms with Crippen LogP contribution in [-0.4, -0.2) is 9.78 Å². The molecule has 62 valence electrons. The molecular formula is C8H6F2N2. The van der Waals surface area contributed by atoms with Gasteiger partial charge in [0.1, 0.15) is 11.6 Å². The van der Waals surface area contributed by atoms with Crippen LogP contribution < -0.4 is 0 Å². The van der Waals surface area contributed by atoms with Crippen LogP contribution in [0.1, 0.15) is 0 Å². The highest BCUT2D eigenvalue weighted by molar-refractivity contribution is 5.78. The predicted octanol–water partition coefficient (Wildman–Crippen LogP) is 1.85. The predicted molar refractivity (Wildman–Crippen MR) is 40.6 cm³/mol. The number of hydrogen-bond donors (Lipinski definition) is 0. The molecule has 0 amide bonds. The molecule has 0 unspecified atom stereocenters. The van der Waals surface area contributed by atoms with Gasteiger partial charge in [-0.05, 0) is 0 Å². The van der Waals surface area contributed by atoms with Gasteiger partial charge in [-0.2, -0.15) is 5.10 Å². The van der Waals surface area contributed by atoms with Crippen LogP contribution in [0.5, 0.6) is 0 Å². The van der Waals surface area contributed by atoms with E-state index >= 15 is 0 Å². The van der Waals surface area contributed by atoms with E-state index in [-0.39, 0.29) is 0 Å². The second kappa shape index (κ2) is 2.27. The average molecular weight is 168 g/mol. The quantitative estimate of drug-likeness (QED) is 0.587. The van der Waals surface area contributed by atoms with Crippen LogP contribution in [0.25, 0.3) is 10.9 Å². The molecule has 0 fully saturated rings. The first kappa shape index (κ1) is 7.21. The Bertz CT molecular complexity index is 434. The van der Waals surface area contributed by atoms with E-state index in [1.165, 1.54) is 16.9 Å². The van der Waals surface area contributed by atoms with Crippen molar-refractivity contribution >= 4 is 10.9 Å². The Labute approximate surface area is 67.4 Å². The zero-order valence-corrected chi connectivity index (χ0v) is 6.38. The summed E-state index contributed by atoms with van der Waals surface area (Å²) in [5, 5.41) is 4.22. The van der Waals surface area contributed by atoms with Crippen molar-refractivity contribution < 1.29 is 8.78 Å². The summed E-state index contributed by atoms with van der Waals surface area (Å²) in [5.74, 6) is -1.17. The van der Waals surface area contributed by atoms with E-state index in [0.29, 0.717) is 10.9 Å². The van der Waals surface area contributed by atoms with Crippen molar-refractivity contribution in [2.24, 2.45) is 7.05 Å². The van der Waals surface area contributed by atoms with Gasteiger partial charge in [0.2, 0.25) is 0 Å². The van der Waals surface area contributed by atoms with Crippen LogP contribution in [0.15, 0.2) is 18.3 Å². The molecule has 1 aromatic carbocycles. The normalized spacial score (nSPS) is 10.9. The molecule has 12 heavy (non-hydrogen) atoms. The van der Waals surface area contributed by atoms with Crippen molar-refractivity contribution in [3.63, 3.8) is 0 Å². The Morgan fingerprint density at radius 3 is 2.83 bits per heavy atom. The zero-order valence-electron chi connectivity index (χ0n) is 6.38. The molecule has 1 heterocycles. The summed E-state index contributed by atoms with van der Waals surface area (Å²) >= 11 is 0. The lowest BCUT2D eigenvalue weighted by Crippen LogP contribution is -1.84. The maximum Gasteiger partial charge on any atom is 0.137 e. The number of aryl methyl sites for hydroxylation is 1. The number of benzene rings is 1. The van der Waals surface area contributed by atoms with E-state index in [9.17, 15) is 8.78 Å². The smallest absolute Gasteiger partial charge is 0.137 e. The molecule has 0 atom stereocenters. The number of nitrogens with zero attached hydrogens (tertiary/aromatic N) is 2. The van der Waals surface area contributed by atoms with Gasteiger partial charge in [0.05, 0.1) is 10.9 Å². The van der Waals surface area contributed by atoms with E-state index < -0.39 is 11.6 Å². The van der Waals surface area contributed by atoms with Crippen LogP contribution in [0, 0.1) is 11.6 Å². The molecule has 2 rings (SSSR count). The SMILES string of the molecule is Cn1cc2c(F)cc(F)cc2n1. The fourth-order valence-electron chi connectivity index (χ4n) is 1.17. The lowest BCUT2D eigenvalue weighted by molar-refractivity contribution is 0.592. The highest BCUT2D eigenvalue weighted by Gasteiger charge is 2.06. The van der Waals surface area contributed by atoms with E-state index in [2.05, 4.69) is 5.10 Å². The fraction of sp³-hybridized carbons (Fsp3) is 0.125. The minimum atomic E-state index is -0.598. The summed E-state index contributed by atoms with van der Waals surface area (Å²) in [6, 6.07) is 2.06. The molecule has 4 heteroatoms. The largest absolute Gasteiger partial charge is 0.274 e. The molecule has 0 aliphatic rings. The van der Waals surface area contributed by atoms with Gasteiger partial charge in [-0.1, -0.05) is 0 Å². The Kier molecular flexibility index (Phi) is 1.36. The van der Waals surface area contributed by atoms with Crippen LogP contribution >= 0.6 is 0 Å². The number of hydrogen-bond acceptors (Lipinski definition) is 1. The topological polar surface area (TPSA) is 17.8 Å². The summed E-state index contributed by atoms with van der Waals surface area (Å²) in [4.78, 5) is 0. The highest BCUT2D eigenvalue weighted by Crippen LogP contribution is 2.17. The van der Waals surface area contributed by atoms with Gasteiger partial charge in [-0.25, -0.2) is 8.78 Å². The molecule has 0 bridgehead atoms. The van der Waals surface area contributed by atoms with Gasteiger partial charge in [0.25, 0.3) is 0 Å². The van der Waals surface area contributed by atoms with Crippen LogP contribution in [0.3, 0.4) is 0 Å². The third kappa shape index (κ3) is 0.958. The summed E-state index contributed by atoms with van der Waals surface area (Å²) in [5.41, 5.74) is 0.343. The number of fused-ring (bicyclic) bond motifs is 1. The van der Waals surface area contributed by atoms with Crippen molar-refractivity contribution in [2.45, 2.75) is 0 Å². The maximum absolute atomic E-state index is 13.0. The number of aromatic nitrogens is 2. The Balaban J connectivity index is 2.88. The third-order valence-corrected chi connectivity index (χ3v) is 1.65. The Morgan fingerprint density at radius 1 is 1.33 bits per heavy atom. The van der Waals surface area contributed by atoms with Crippen molar-refractivity contribution in [3.05, 3.63) is 30.0 Å². The monoisotopic (exact) mass is 168 g/mol. The first-order valence-electron chi connectivity index (χ1n) is 3.45. The first-order chi connectivity index (χ1) is 5.66. The lowest BCUT2D eigenvalue weighted by Gasteiger charge is -1.89. The van der Waals surface area contributed by atoms with Crippen LogP contribution in [-0.2, 0) is 7.05 Å². The van der Waals surface area contributed by atoms with E-state index in [1.54, 1.807) is 7.05 Å². The minimum Gasteiger partial charge on any atom is -0.274 e. The van der Waals surface area contributed by atoms with Gasteiger partial charge in [0, 0.05) is 25.4 Å². The molecule has 0 aliphatic carbocycles. The van der Waals surface area contributed by atoms with Gasteiger partial charge < -0.3 is 0 Å². The summed E-state index contributed by atoms with van der Waals surface area (Å²) in [7, 11) is 1.66. The summed E-state index contributed by atoms with van der Waals surface area (Å²) < 4.78 is 27.0. The van der Waals surface area contributed by atoms with Crippen molar-refractivity contribution in [3.8, 4) is 0 Å². The first-order valence-corrected chi connectivity index (χ1v) is 3.45. The average Bonchev–Trinajstić information content (AvgIpc) is 2.29. The molecule has 0 saturated heterocycles. The number of rotatable bonds is 0. The van der Waals surface area contributed by atoms with E-state index in [0.717, 1.165) is 6.07 Å². The fourth-order valence-corrected chi connectivity index (χ4v) is 1.17. The number of halogens is 2. The standard InChI is InChI=1S/C8H6F2N2/c1-12-4-6-7(10)2-5(9)3-8(6)11-12/h2-4H,1H3. The molecule has 2 nitrogen and oxygen atoms in total. The zero-order chi connectivity index (χ0) is 8.72. The van der Waals surface area contributed by atoms with Crippen molar-refractivity contribution in [2.75, 3.05) is 0 Å². The lowest BCUT2D eigenvalue weighted by atomic mass is 10.2.